The van der Waals surface area contributed by atoms with Gasteiger partial charge in [0.25, 0.3) is 5.91 Å². The third kappa shape index (κ3) is 4.54. The molecule has 1 fully saturated rings. The van der Waals surface area contributed by atoms with Gasteiger partial charge in [-0.1, -0.05) is 17.7 Å². The molecule has 2 aromatic carbocycles. The molecule has 3 aromatic rings. The van der Waals surface area contributed by atoms with Crippen molar-refractivity contribution < 1.29 is 13.9 Å². The van der Waals surface area contributed by atoms with Gasteiger partial charge < -0.3 is 19.0 Å². The highest BCUT2D eigenvalue weighted by Crippen LogP contribution is 2.30. The fraction of sp³-hybridized carbons (Fsp3) is 0.333. The largest absolute Gasteiger partial charge is 0.480 e. The summed E-state index contributed by atoms with van der Waals surface area (Å²) >= 11 is 6.10. The minimum Gasteiger partial charge on any atom is -0.480 e. The number of anilines is 1. The first-order valence-corrected chi connectivity index (χ1v) is 10.7. The molecule has 0 spiro atoms. The highest BCUT2D eigenvalue weighted by Gasteiger charge is 2.27. The topological polar surface area (TPSA) is 63.0 Å². The Hall–Kier alpha value is -2.99. The molecule has 2 heterocycles. The Kier molecular flexibility index (Phi) is 5.92. The standard InChI is InChI=1S/C24H25ClN2O4/c1-15-11-20(23-16(2)13-22(28)31-21(23)12-15)30-17(3)24(29)27-9-7-26(8-10-27)19-6-4-5-18(25)14-19/h4-6,11-14,17H,7-10H2,1-3H3/t17-/m1/s1. The number of nitrogens with zero attached hydrogens (tertiary/aromatic N) is 2. The van der Waals surface area contributed by atoms with Gasteiger partial charge in [0.2, 0.25) is 0 Å². The zero-order chi connectivity index (χ0) is 22.1. The second-order valence-corrected chi connectivity index (χ2v) is 8.37. The molecule has 0 N–H and O–H groups in total. The fourth-order valence-electron chi connectivity index (χ4n) is 4.03. The molecule has 1 aliphatic heterocycles. The van der Waals surface area contributed by atoms with E-state index in [-0.39, 0.29) is 5.91 Å². The van der Waals surface area contributed by atoms with Gasteiger partial charge in [-0.15, -0.1) is 0 Å². The highest BCUT2D eigenvalue weighted by molar-refractivity contribution is 6.30. The quantitative estimate of drug-likeness (QED) is 0.569. The number of piperazine rings is 1. The maximum Gasteiger partial charge on any atom is 0.336 e. The Labute approximate surface area is 186 Å². The normalized spacial score (nSPS) is 15.2. The van der Waals surface area contributed by atoms with Crippen molar-refractivity contribution in [1.29, 1.82) is 0 Å². The molecule has 0 radical (unpaired) electrons. The first-order valence-electron chi connectivity index (χ1n) is 10.3. The van der Waals surface area contributed by atoms with Crippen molar-refractivity contribution in [2.24, 2.45) is 0 Å². The van der Waals surface area contributed by atoms with Crippen LogP contribution in [-0.4, -0.2) is 43.1 Å². The van der Waals surface area contributed by atoms with Crippen LogP contribution in [0.1, 0.15) is 18.1 Å². The number of hydrogen-bond donors (Lipinski definition) is 0. The van der Waals surface area contributed by atoms with Gasteiger partial charge in [0.15, 0.2) is 6.10 Å². The maximum absolute atomic E-state index is 13.0. The number of fused-ring (bicyclic) bond motifs is 1. The summed E-state index contributed by atoms with van der Waals surface area (Å²) in [7, 11) is 0. The molecule has 0 unspecified atom stereocenters. The molecule has 1 aliphatic rings. The molecule has 0 saturated carbocycles. The highest BCUT2D eigenvalue weighted by atomic mass is 35.5. The molecule has 6 nitrogen and oxygen atoms in total. The minimum absolute atomic E-state index is 0.0598. The number of ether oxygens (including phenoxy) is 1. The lowest BCUT2D eigenvalue weighted by atomic mass is 10.1. The number of amides is 1. The van der Waals surface area contributed by atoms with Crippen molar-refractivity contribution in [2.75, 3.05) is 31.1 Å². The Bertz CT molecular complexity index is 1180. The van der Waals surface area contributed by atoms with Crippen LogP contribution in [0.5, 0.6) is 5.75 Å². The first-order chi connectivity index (χ1) is 14.8. The van der Waals surface area contributed by atoms with Crippen LogP contribution < -0.4 is 15.3 Å². The van der Waals surface area contributed by atoms with E-state index in [1.54, 1.807) is 13.0 Å². The lowest BCUT2D eigenvalue weighted by Crippen LogP contribution is -2.52. The van der Waals surface area contributed by atoms with Gasteiger partial charge >= 0.3 is 5.63 Å². The number of aryl methyl sites for hydroxylation is 2. The van der Waals surface area contributed by atoms with Crippen LogP contribution in [-0.2, 0) is 4.79 Å². The molecule has 162 valence electrons. The first kappa shape index (κ1) is 21.2. The van der Waals surface area contributed by atoms with E-state index in [0.717, 1.165) is 35.3 Å². The second-order valence-electron chi connectivity index (χ2n) is 7.94. The summed E-state index contributed by atoms with van der Waals surface area (Å²) in [5, 5.41) is 1.42. The van der Waals surface area contributed by atoms with Crippen molar-refractivity contribution in [2.45, 2.75) is 26.9 Å². The van der Waals surface area contributed by atoms with E-state index in [4.69, 9.17) is 20.8 Å². The van der Waals surface area contributed by atoms with E-state index in [2.05, 4.69) is 4.90 Å². The average molecular weight is 441 g/mol. The number of benzene rings is 2. The van der Waals surface area contributed by atoms with Gasteiger partial charge in [-0.05, 0) is 62.2 Å². The Morgan fingerprint density at radius 3 is 2.55 bits per heavy atom. The summed E-state index contributed by atoms with van der Waals surface area (Å²) in [4.78, 5) is 28.8. The molecule has 0 aliphatic carbocycles. The van der Waals surface area contributed by atoms with Crippen molar-refractivity contribution >= 4 is 34.2 Å². The summed E-state index contributed by atoms with van der Waals surface area (Å²) in [6.45, 7) is 8.18. The van der Waals surface area contributed by atoms with Gasteiger partial charge in [0, 0.05) is 43.0 Å². The third-order valence-electron chi connectivity index (χ3n) is 5.57. The summed E-state index contributed by atoms with van der Waals surface area (Å²) in [6.07, 6.45) is -0.658. The lowest BCUT2D eigenvalue weighted by Gasteiger charge is -2.37. The summed E-state index contributed by atoms with van der Waals surface area (Å²) in [5.41, 5.74) is 2.78. The average Bonchev–Trinajstić information content (AvgIpc) is 2.72. The SMILES string of the molecule is Cc1cc(O[C@H](C)C(=O)N2CCN(c3cccc(Cl)c3)CC2)c2c(C)cc(=O)oc2c1. The molecule has 1 amide bonds. The van der Waals surface area contributed by atoms with Crippen molar-refractivity contribution in [3.05, 3.63) is 69.0 Å². The molecular formula is C24H25ClN2O4. The van der Waals surface area contributed by atoms with E-state index >= 15 is 0 Å². The summed E-state index contributed by atoms with van der Waals surface area (Å²) < 4.78 is 11.4. The fourth-order valence-corrected chi connectivity index (χ4v) is 4.21. The van der Waals surface area contributed by atoms with Gasteiger partial charge in [0.1, 0.15) is 11.3 Å². The van der Waals surface area contributed by atoms with Crippen LogP contribution in [0, 0.1) is 13.8 Å². The van der Waals surface area contributed by atoms with E-state index in [0.29, 0.717) is 29.4 Å². The van der Waals surface area contributed by atoms with Crippen LogP contribution in [0.2, 0.25) is 5.02 Å². The number of hydrogen-bond acceptors (Lipinski definition) is 5. The number of carbonyl (C=O) groups is 1. The smallest absolute Gasteiger partial charge is 0.336 e. The molecular weight excluding hydrogens is 416 g/mol. The van der Waals surface area contributed by atoms with Crippen LogP contribution in [0.15, 0.2) is 51.7 Å². The number of halogens is 1. The van der Waals surface area contributed by atoms with Gasteiger partial charge in [-0.2, -0.15) is 0 Å². The van der Waals surface area contributed by atoms with Gasteiger partial charge in [-0.3, -0.25) is 4.79 Å². The van der Waals surface area contributed by atoms with Crippen molar-refractivity contribution in [3.63, 3.8) is 0 Å². The van der Waals surface area contributed by atoms with E-state index in [1.165, 1.54) is 6.07 Å². The second kappa shape index (κ2) is 8.63. The number of carbonyl (C=O) groups excluding carboxylic acids is 1. The number of rotatable bonds is 4. The molecule has 1 saturated heterocycles. The Balaban J connectivity index is 1.47. The maximum atomic E-state index is 13.0. The zero-order valence-corrected chi connectivity index (χ0v) is 18.6. The Morgan fingerprint density at radius 1 is 1.10 bits per heavy atom. The molecule has 31 heavy (non-hydrogen) atoms. The summed E-state index contributed by atoms with van der Waals surface area (Å²) in [6, 6.07) is 12.9. The molecule has 4 rings (SSSR count). The zero-order valence-electron chi connectivity index (χ0n) is 17.9. The van der Waals surface area contributed by atoms with Crippen molar-refractivity contribution in [1.82, 2.24) is 4.90 Å². The third-order valence-corrected chi connectivity index (χ3v) is 5.80. The predicted octanol–water partition coefficient (Wildman–Crippen LogP) is 4.18. The van der Waals surface area contributed by atoms with Crippen molar-refractivity contribution in [3.8, 4) is 5.75 Å². The van der Waals surface area contributed by atoms with Gasteiger partial charge in [-0.25, -0.2) is 4.79 Å². The van der Waals surface area contributed by atoms with Crippen LogP contribution >= 0.6 is 11.6 Å². The molecule has 7 heteroatoms. The van der Waals surface area contributed by atoms with Gasteiger partial charge in [0.05, 0.1) is 5.39 Å². The van der Waals surface area contributed by atoms with Crippen LogP contribution in [0.25, 0.3) is 11.0 Å². The van der Waals surface area contributed by atoms with Crippen LogP contribution in [0.4, 0.5) is 5.69 Å². The molecule has 0 bridgehead atoms. The predicted molar refractivity (Wildman–Crippen MR) is 122 cm³/mol. The monoisotopic (exact) mass is 440 g/mol. The van der Waals surface area contributed by atoms with E-state index < -0.39 is 11.7 Å². The molecule has 1 atom stereocenters. The molecule has 1 aromatic heterocycles. The van der Waals surface area contributed by atoms with Crippen LogP contribution in [0.3, 0.4) is 0 Å². The Morgan fingerprint density at radius 2 is 1.84 bits per heavy atom. The minimum atomic E-state index is -0.658. The van der Waals surface area contributed by atoms with E-state index in [9.17, 15) is 9.59 Å². The summed E-state index contributed by atoms with van der Waals surface area (Å²) in [5.74, 6) is 0.491. The van der Waals surface area contributed by atoms with E-state index in [1.807, 2.05) is 49.1 Å². The lowest BCUT2D eigenvalue weighted by molar-refractivity contribution is -0.138.